The number of hydrogen-bond donors (Lipinski definition) is 2. The van der Waals surface area contributed by atoms with Crippen LogP contribution in [0.2, 0.25) is 0 Å². The highest BCUT2D eigenvalue weighted by Crippen LogP contribution is 2.34. The summed E-state index contributed by atoms with van der Waals surface area (Å²) in [6.45, 7) is 4.08. The fourth-order valence-corrected chi connectivity index (χ4v) is 3.78. The Morgan fingerprint density at radius 2 is 1.86 bits per heavy atom. The van der Waals surface area contributed by atoms with E-state index in [0.717, 1.165) is 12.1 Å². The van der Waals surface area contributed by atoms with Crippen molar-refractivity contribution < 1.29 is 18.3 Å². The smallest absolute Gasteiger partial charge is 0.255 e. The van der Waals surface area contributed by atoms with E-state index in [9.17, 15) is 13.6 Å². The number of anilines is 1. The molecule has 3 rings (SSSR count). The number of para-hydroxylation sites is 2. The van der Waals surface area contributed by atoms with Crippen molar-refractivity contribution in [1.29, 1.82) is 0 Å². The van der Waals surface area contributed by atoms with Crippen molar-refractivity contribution in [1.82, 2.24) is 10.2 Å². The van der Waals surface area contributed by atoms with E-state index in [2.05, 4.69) is 10.6 Å². The number of carbonyl (C=O) groups is 1. The lowest BCUT2D eigenvalue weighted by Crippen LogP contribution is -2.48. The van der Waals surface area contributed by atoms with Crippen molar-refractivity contribution in [2.45, 2.75) is 19.9 Å². The summed E-state index contributed by atoms with van der Waals surface area (Å²) < 4.78 is 34.4. The molecule has 0 unspecified atom stereocenters. The van der Waals surface area contributed by atoms with Crippen LogP contribution in [0.15, 0.2) is 53.7 Å². The van der Waals surface area contributed by atoms with Gasteiger partial charge in [-0.3, -0.25) is 4.79 Å². The Labute approximate surface area is 173 Å². The van der Waals surface area contributed by atoms with Gasteiger partial charge in [-0.1, -0.05) is 18.2 Å². The minimum absolute atomic E-state index is 0.176. The summed E-state index contributed by atoms with van der Waals surface area (Å²) in [5, 5.41) is 6.00. The first-order valence-electron chi connectivity index (χ1n) is 9.06. The van der Waals surface area contributed by atoms with Crippen LogP contribution in [0.1, 0.15) is 25.5 Å². The van der Waals surface area contributed by atoms with Crippen LogP contribution >= 0.6 is 12.2 Å². The molecule has 0 spiro atoms. The molecule has 0 aliphatic carbocycles. The number of amides is 1. The fourth-order valence-electron chi connectivity index (χ4n) is 3.40. The van der Waals surface area contributed by atoms with Gasteiger partial charge in [0.2, 0.25) is 0 Å². The van der Waals surface area contributed by atoms with E-state index < -0.39 is 23.6 Å². The Hall–Kier alpha value is -3.00. The lowest BCUT2D eigenvalue weighted by Gasteiger charge is -2.37. The molecule has 1 amide bonds. The molecule has 0 saturated carbocycles. The minimum Gasteiger partial charge on any atom is -0.495 e. The molecule has 2 aromatic rings. The molecule has 0 radical (unpaired) electrons. The molecular weight excluding hydrogens is 396 g/mol. The topological polar surface area (TPSA) is 53.6 Å². The number of hydrogen-bond acceptors (Lipinski definition) is 3. The second-order valence-corrected chi connectivity index (χ2v) is 6.80. The lowest BCUT2D eigenvalue weighted by atomic mass is 9.93. The number of thiocarbonyl (C=S) groups is 1. The van der Waals surface area contributed by atoms with Gasteiger partial charge in [0.25, 0.3) is 5.91 Å². The monoisotopic (exact) mass is 417 g/mol. The summed E-state index contributed by atoms with van der Waals surface area (Å²) in [7, 11) is 1.49. The maximum atomic E-state index is 14.5. The average Bonchev–Trinajstić information content (AvgIpc) is 2.68. The Bertz CT molecular complexity index is 973. The average molecular weight is 417 g/mol. The van der Waals surface area contributed by atoms with Crippen LogP contribution in [0.3, 0.4) is 0 Å². The standard InChI is InChI=1S/C21H21F2N3O2S/c1-4-26-12(2)17(20(27)24-15-10-5-6-11-16(15)28-3)19(25-21(26)29)18-13(22)8-7-9-14(18)23/h5-11,19H,4H2,1-3H3,(H,24,27)(H,25,29)/t19-/m1/s1. The van der Waals surface area contributed by atoms with Crippen LogP contribution in [-0.4, -0.2) is 29.6 Å². The largest absolute Gasteiger partial charge is 0.495 e. The molecule has 1 aliphatic rings. The Kier molecular flexibility index (Phi) is 6.12. The SMILES string of the molecule is CCN1C(=S)N[C@@H](c2c(F)cccc2F)C(C(=O)Nc2ccccc2OC)=C1C. The molecule has 0 aromatic heterocycles. The molecule has 0 fully saturated rings. The molecule has 5 nitrogen and oxygen atoms in total. The van der Waals surface area contributed by atoms with Crippen molar-refractivity contribution in [2.75, 3.05) is 19.0 Å². The van der Waals surface area contributed by atoms with Crippen LogP contribution in [0, 0.1) is 11.6 Å². The minimum atomic E-state index is -1.07. The predicted octanol–water partition coefficient (Wildman–Crippen LogP) is 4.14. The number of allylic oxidation sites excluding steroid dienone is 1. The highest BCUT2D eigenvalue weighted by molar-refractivity contribution is 7.80. The Morgan fingerprint density at radius 1 is 1.21 bits per heavy atom. The van der Waals surface area contributed by atoms with Crippen molar-refractivity contribution in [2.24, 2.45) is 0 Å². The molecule has 8 heteroatoms. The molecule has 29 heavy (non-hydrogen) atoms. The van der Waals surface area contributed by atoms with Gasteiger partial charge in [0.05, 0.1) is 30.0 Å². The second kappa shape index (κ2) is 8.57. The maximum absolute atomic E-state index is 14.5. The molecule has 0 bridgehead atoms. The zero-order valence-electron chi connectivity index (χ0n) is 16.3. The molecule has 2 aromatic carbocycles. The molecule has 152 valence electrons. The third kappa shape index (κ3) is 3.93. The molecular formula is C21H21F2N3O2S. The number of nitrogens with zero attached hydrogens (tertiary/aromatic N) is 1. The van der Waals surface area contributed by atoms with Crippen molar-refractivity contribution in [3.8, 4) is 5.75 Å². The van der Waals surface area contributed by atoms with Gasteiger partial charge in [0, 0.05) is 12.2 Å². The van der Waals surface area contributed by atoms with Crippen LogP contribution < -0.4 is 15.4 Å². The number of halogens is 2. The molecule has 0 saturated heterocycles. The van der Waals surface area contributed by atoms with Crippen LogP contribution in [0.4, 0.5) is 14.5 Å². The van der Waals surface area contributed by atoms with Gasteiger partial charge in [-0.2, -0.15) is 0 Å². The van der Waals surface area contributed by atoms with Crippen molar-refractivity contribution in [3.63, 3.8) is 0 Å². The summed E-state index contributed by atoms with van der Waals surface area (Å²) in [6, 6.07) is 9.43. The van der Waals surface area contributed by atoms with Crippen LogP contribution in [-0.2, 0) is 4.79 Å². The normalized spacial score (nSPS) is 16.5. The summed E-state index contributed by atoms with van der Waals surface area (Å²) in [5.41, 5.74) is 0.894. The Balaban J connectivity index is 2.10. The summed E-state index contributed by atoms with van der Waals surface area (Å²) in [4.78, 5) is 15.0. The van der Waals surface area contributed by atoms with Gasteiger partial charge in [-0.25, -0.2) is 8.78 Å². The summed E-state index contributed by atoms with van der Waals surface area (Å²) >= 11 is 5.36. The number of rotatable bonds is 5. The predicted molar refractivity (Wildman–Crippen MR) is 112 cm³/mol. The van der Waals surface area contributed by atoms with E-state index >= 15 is 0 Å². The van der Waals surface area contributed by atoms with Gasteiger partial charge in [0.15, 0.2) is 5.11 Å². The van der Waals surface area contributed by atoms with E-state index in [1.54, 1.807) is 36.1 Å². The van der Waals surface area contributed by atoms with Gasteiger partial charge in [-0.05, 0) is 50.3 Å². The van der Waals surface area contributed by atoms with E-state index in [4.69, 9.17) is 17.0 Å². The van der Waals surface area contributed by atoms with Crippen LogP contribution in [0.5, 0.6) is 5.75 Å². The van der Waals surface area contributed by atoms with Crippen molar-refractivity contribution in [3.05, 3.63) is 70.9 Å². The number of nitrogens with one attached hydrogen (secondary N) is 2. The maximum Gasteiger partial charge on any atom is 0.255 e. The zero-order valence-corrected chi connectivity index (χ0v) is 17.1. The highest BCUT2D eigenvalue weighted by atomic mass is 32.1. The quantitative estimate of drug-likeness (QED) is 0.717. The third-order valence-corrected chi connectivity index (χ3v) is 5.14. The summed E-state index contributed by atoms with van der Waals surface area (Å²) in [5.74, 6) is -1.55. The molecule has 1 aliphatic heterocycles. The zero-order chi connectivity index (χ0) is 21.1. The van der Waals surface area contributed by atoms with E-state index in [1.165, 1.54) is 13.2 Å². The third-order valence-electron chi connectivity index (χ3n) is 4.80. The number of benzene rings is 2. The van der Waals surface area contributed by atoms with Crippen molar-refractivity contribution >= 4 is 28.9 Å². The number of methoxy groups -OCH3 is 1. The van der Waals surface area contributed by atoms with Crippen LogP contribution in [0.25, 0.3) is 0 Å². The number of carbonyl (C=O) groups excluding carboxylic acids is 1. The highest BCUT2D eigenvalue weighted by Gasteiger charge is 2.36. The Morgan fingerprint density at radius 3 is 2.48 bits per heavy atom. The number of ether oxygens (including phenoxy) is 1. The van der Waals surface area contributed by atoms with Gasteiger partial charge < -0.3 is 20.3 Å². The first kappa shape index (κ1) is 20.7. The molecule has 2 N–H and O–H groups in total. The molecule has 1 atom stereocenters. The summed E-state index contributed by atoms with van der Waals surface area (Å²) in [6.07, 6.45) is 0. The fraction of sp³-hybridized carbons (Fsp3) is 0.238. The van der Waals surface area contributed by atoms with E-state index in [-0.39, 0.29) is 11.1 Å². The lowest BCUT2D eigenvalue weighted by molar-refractivity contribution is -0.113. The van der Waals surface area contributed by atoms with E-state index in [1.807, 2.05) is 6.92 Å². The molecule has 1 heterocycles. The second-order valence-electron chi connectivity index (χ2n) is 6.42. The first-order chi connectivity index (χ1) is 13.9. The first-order valence-corrected chi connectivity index (χ1v) is 9.46. The van der Waals surface area contributed by atoms with Gasteiger partial charge >= 0.3 is 0 Å². The van der Waals surface area contributed by atoms with E-state index in [0.29, 0.717) is 28.8 Å². The van der Waals surface area contributed by atoms with Gasteiger partial charge in [-0.15, -0.1) is 0 Å². The van der Waals surface area contributed by atoms with Gasteiger partial charge in [0.1, 0.15) is 17.4 Å².